The fraction of sp³-hybridized carbons (Fsp3) is 0.174. The zero-order valence-electron chi connectivity index (χ0n) is 18.2. The number of carbonyl (C=O) groups excluding carboxylic acids is 1. The molecule has 0 spiro atoms. The molecule has 1 amide bonds. The third-order valence-corrected chi connectivity index (χ3v) is 6.02. The average molecular weight is 467 g/mol. The van der Waals surface area contributed by atoms with Crippen LogP contribution < -0.4 is 14.8 Å². The fourth-order valence-corrected chi connectivity index (χ4v) is 3.80. The molecule has 2 N–H and O–H groups in total. The summed E-state index contributed by atoms with van der Waals surface area (Å²) in [4.78, 5) is 12.5. The van der Waals surface area contributed by atoms with Crippen molar-refractivity contribution in [2.45, 2.75) is 25.7 Å². The molecule has 1 heterocycles. The fourth-order valence-electron chi connectivity index (χ4n) is 2.75. The lowest BCUT2D eigenvalue weighted by Crippen LogP contribution is -2.15. The van der Waals surface area contributed by atoms with Crippen molar-refractivity contribution in [2.75, 3.05) is 16.6 Å². The minimum absolute atomic E-state index is 0.0283. The first-order valence-corrected chi connectivity index (χ1v) is 11.4. The number of ether oxygens (including phenoxy) is 1. The molecule has 1 aromatic heterocycles. The molecule has 10 heteroatoms. The highest BCUT2D eigenvalue weighted by Crippen LogP contribution is 2.23. The molecule has 3 rings (SSSR count). The second-order valence-corrected chi connectivity index (χ2v) is 8.66. The van der Waals surface area contributed by atoms with Crippen LogP contribution in [0.2, 0.25) is 0 Å². The highest BCUT2D eigenvalue weighted by Gasteiger charge is 2.19. The zero-order chi connectivity index (χ0) is 24.0. The number of amides is 1. The molecule has 3 aromatic rings. The first kappa shape index (κ1) is 23.6. The lowest BCUT2D eigenvalue weighted by atomic mass is 10.1. The molecule has 0 fully saturated rings. The van der Waals surface area contributed by atoms with Gasteiger partial charge in [-0.25, -0.2) is 13.1 Å². The SMILES string of the molecule is CCOc1ccc(/C=C(\C#N)C(=O)Nc2ccc(S(=O)(=O)Nc3onc(C)c3C)cc2)cc1. The average Bonchev–Trinajstić information content (AvgIpc) is 3.10. The van der Waals surface area contributed by atoms with Gasteiger partial charge in [0.25, 0.3) is 15.9 Å². The van der Waals surface area contributed by atoms with Crippen molar-refractivity contribution >= 4 is 33.6 Å². The number of aromatic nitrogens is 1. The number of anilines is 2. The van der Waals surface area contributed by atoms with Gasteiger partial charge < -0.3 is 14.6 Å². The van der Waals surface area contributed by atoms with Crippen LogP contribution in [0, 0.1) is 25.2 Å². The second kappa shape index (κ2) is 10.0. The lowest BCUT2D eigenvalue weighted by Gasteiger charge is -2.08. The van der Waals surface area contributed by atoms with Crippen LogP contribution in [-0.2, 0) is 14.8 Å². The molecule has 170 valence electrons. The van der Waals surface area contributed by atoms with Gasteiger partial charge in [-0.3, -0.25) is 4.79 Å². The van der Waals surface area contributed by atoms with Crippen molar-refractivity contribution in [3.63, 3.8) is 0 Å². The third kappa shape index (κ3) is 5.78. The van der Waals surface area contributed by atoms with Crippen molar-refractivity contribution in [1.82, 2.24) is 5.16 Å². The number of benzene rings is 2. The van der Waals surface area contributed by atoms with Crippen LogP contribution in [0.5, 0.6) is 5.75 Å². The second-order valence-electron chi connectivity index (χ2n) is 6.98. The van der Waals surface area contributed by atoms with Crippen LogP contribution in [0.15, 0.2) is 63.5 Å². The number of nitrogens with zero attached hydrogens (tertiary/aromatic N) is 2. The normalized spacial score (nSPS) is 11.5. The van der Waals surface area contributed by atoms with E-state index >= 15 is 0 Å². The topological polar surface area (TPSA) is 134 Å². The van der Waals surface area contributed by atoms with Crippen molar-refractivity contribution in [3.8, 4) is 11.8 Å². The lowest BCUT2D eigenvalue weighted by molar-refractivity contribution is -0.112. The Morgan fingerprint density at radius 2 is 1.82 bits per heavy atom. The summed E-state index contributed by atoms with van der Waals surface area (Å²) in [7, 11) is -3.91. The molecule has 2 aromatic carbocycles. The van der Waals surface area contributed by atoms with Crippen LogP contribution in [0.4, 0.5) is 11.6 Å². The highest BCUT2D eigenvalue weighted by atomic mass is 32.2. The molecule has 9 nitrogen and oxygen atoms in total. The molecule has 0 aliphatic rings. The van der Waals surface area contributed by atoms with E-state index < -0.39 is 15.9 Å². The first-order chi connectivity index (χ1) is 15.7. The maximum atomic E-state index is 12.6. The monoisotopic (exact) mass is 466 g/mol. The smallest absolute Gasteiger partial charge is 0.266 e. The zero-order valence-corrected chi connectivity index (χ0v) is 19.1. The molecule has 0 aliphatic heterocycles. The highest BCUT2D eigenvalue weighted by molar-refractivity contribution is 7.92. The van der Waals surface area contributed by atoms with Gasteiger partial charge >= 0.3 is 0 Å². The Balaban J connectivity index is 1.71. The summed E-state index contributed by atoms with van der Waals surface area (Å²) in [5.74, 6) is 0.117. The predicted molar refractivity (Wildman–Crippen MR) is 123 cm³/mol. The standard InChI is InChI=1S/C23H22N4O5S/c1-4-31-20-9-5-17(6-10-20)13-18(14-24)22(28)25-19-7-11-21(12-8-19)33(29,30)27-23-15(2)16(3)26-32-23/h5-13,27H,4H2,1-3H3,(H,25,28)/b18-13+. The van der Waals surface area contributed by atoms with Gasteiger partial charge in [-0.1, -0.05) is 17.3 Å². The van der Waals surface area contributed by atoms with Gasteiger partial charge in [0.15, 0.2) is 0 Å². The number of nitrogens with one attached hydrogen (secondary N) is 2. The van der Waals surface area contributed by atoms with E-state index in [1.165, 1.54) is 30.3 Å². The van der Waals surface area contributed by atoms with Gasteiger partial charge in [0.2, 0.25) is 5.88 Å². The number of rotatable bonds is 8. The van der Waals surface area contributed by atoms with Gasteiger partial charge in [0, 0.05) is 11.3 Å². The summed E-state index contributed by atoms with van der Waals surface area (Å²) >= 11 is 0. The Kier molecular flexibility index (Phi) is 7.15. The van der Waals surface area contributed by atoms with Gasteiger partial charge in [0.05, 0.1) is 17.2 Å². The van der Waals surface area contributed by atoms with E-state index in [1.54, 1.807) is 38.1 Å². The van der Waals surface area contributed by atoms with Gasteiger partial charge in [0.1, 0.15) is 17.4 Å². The van der Waals surface area contributed by atoms with Crippen LogP contribution >= 0.6 is 0 Å². The predicted octanol–water partition coefficient (Wildman–Crippen LogP) is 4.04. The Labute approximate surface area is 191 Å². The van der Waals surface area contributed by atoms with E-state index in [0.29, 0.717) is 34.9 Å². The van der Waals surface area contributed by atoms with E-state index in [2.05, 4.69) is 15.2 Å². The summed E-state index contributed by atoms with van der Waals surface area (Å²) in [5, 5.41) is 15.7. The van der Waals surface area contributed by atoms with Crippen LogP contribution in [0.3, 0.4) is 0 Å². The summed E-state index contributed by atoms with van der Waals surface area (Å²) in [6.07, 6.45) is 1.45. The van der Waals surface area contributed by atoms with E-state index in [4.69, 9.17) is 9.26 Å². The number of hydrogen-bond acceptors (Lipinski definition) is 7. The molecule has 0 bridgehead atoms. The molecule has 0 radical (unpaired) electrons. The van der Waals surface area contributed by atoms with Crippen LogP contribution in [-0.4, -0.2) is 26.1 Å². The molecule has 0 unspecified atom stereocenters. The summed E-state index contributed by atoms with van der Waals surface area (Å²) < 4.78 is 37.9. The summed E-state index contributed by atoms with van der Waals surface area (Å²) in [6, 6.07) is 14.4. The summed E-state index contributed by atoms with van der Waals surface area (Å²) in [6.45, 7) is 5.81. The third-order valence-electron chi connectivity index (χ3n) is 4.67. The minimum Gasteiger partial charge on any atom is -0.494 e. The number of carbonyl (C=O) groups is 1. The van der Waals surface area contributed by atoms with Crippen LogP contribution in [0.25, 0.3) is 6.08 Å². The van der Waals surface area contributed by atoms with Gasteiger partial charge in [-0.2, -0.15) is 5.26 Å². The van der Waals surface area contributed by atoms with Gasteiger partial charge in [-0.15, -0.1) is 0 Å². The van der Waals surface area contributed by atoms with Crippen molar-refractivity contribution < 1.29 is 22.5 Å². The quantitative estimate of drug-likeness (QED) is 0.378. The molecular weight excluding hydrogens is 444 g/mol. The van der Waals surface area contributed by atoms with E-state index in [1.807, 2.05) is 13.0 Å². The van der Waals surface area contributed by atoms with Crippen molar-refractivity contribution in [3.05, 3.63) is 70.9 Å². The molecule has 33 heavy (non-hydrogen) atoms. The van der Waals surface area contributed by atoms with E-state index in [0.717, 1.165) is 0 Å². The van der Waals surface area contributed by atoms with E-state index in [9.17, 15) is 18.5 Å². The van der Waals surface area contributed by atoms with Crippen LogP contribution in [0.1, 0.15) is 23.7 Å². The largest absolute Gasteiger partial charge is 0.494 e. The molecule has 0 atom stereocenters. The molecule has 0 saturated carbocycles. The number of nitriles is 1. The Morgan fingerprint density at radius 1 is 1.15 bits per heavy atom. The van der Waals surface area contributed by atoms with Gasteiger partial charge in [-0.05, 0) is 68.8 Å². The Morgan fingerprint density at radius 3 is 2.36 bits per heavy atom. The Hall–Kier alpha value is -4.10. The maximum Gasteiger partial charge on any atom is 0.266 e. The maximum absolute atomic E-state index is 12.6. The van der Waals surface area contributed by atoms with E-state index in [-0.39, 0.29) is 16.4 Å². The molecular formula is C23H22N4O5S. The number of sulfonamides is 1. The minimum atomic E-state index is -3.91. The summed E-state index contributed by atoms with van der Waals surface area (Å²) in [5.41, 5.74) is 2.06. The molecule has 0 aliphatic carbocycles. The first-order valence-electron chi connectivity index (χ1n) is 9.95. The number of hydrogen-bond donors (Lipinski definition) is 2. The Bertz CT molecular complexity index is 1320. The number of aryl methyl sites for hydroxylation is 1. The molecule has 0 saturated heterocycles. The van der Waals surface area contributed by atoms with Crippen molar-refractivity contribution in [2.24, 2.45) is 0 Å². The van der Waals surface area contributed by atoms with Crippen molar-refractivity contribution in [1.29, 1.82) is 5.26 Å².